The van der Waals surface area contributed by atoms with Crippen molar-refractivity contribution in [3.8, 4) is 11.3 Å². The van der Waals surface area contributed by atoms with Gasteiger partial charge in [-0.15, -0.1) is 0 Å². The maximum atomic E-state index is 5.61. The van der Waals surface area contributed by atoms with Gasteiger partial charge in [0.1, 0.15) is 0 Å². The van der Waals surface area contributed by atoms with Gasteiger partial charge in [0, 0.05) is 55.7 Å². The number of hydrogen-bond acceptors (Lipinski definition) is 5. The topological polar surface area (TPSA) is 79.2 Å². The van der Waals surface area contributed by atoms with E-state index in [0.29, 0.717) is 13.2 Å². The Labute approximate surface area is 143 Å². The summed E-state index contributed by atoms with van der Waals surface area (Å²) in [5.41, 5.74) is 10.9. The van der Waals surface area contributed by atoms with Crippen molar-refractivity contribution in [3.05, 3.63) is 48.3 Å². The summed E-state index contributed by atoms with van der Waals surface area (Å²) in [6.45, 7) is 6.99. The summed E-state index contributed by atoms with van der Waals surface area (Å²) in [6, 6.07) is 8.24. The molecule has 0 unspecified atom stereocenters. The van der Waals surface area contributed by atoms with Crippen molar-refractivity contribution in [2.75, 3.05) is 39.2 Å². The van der Waals surface area contributed by atoms with Crippen LogP contribution in [0.4, 0.5) is 5.69 Å². The highest BCUT2D eigenvalue weighted by Gasteiger charge is 2.10. The zero-order chi connectivity index (χ0) is 17.4. The summed E-state index contributed by atoms with van der Waals surface area (Å²) in [5, 5.41) is 10.6. The number of likely N-dealkylation sites (N-methyl/N-ethyl adjacent to an activating group) is 1. The molecule has 24 heavy (non-hydrogen) atoms. The number of ether oxygens (including phenoxy) is 1. The molecule has 0 atom stereocenters. The van der Waals surface area contributed by atoms with E-state index in [1.807, 2.05) is 18.3 Å². The van der Waals surface area contributed by atoms with Gasteiger partial charge in [-0.05, 0) is 19.2 Å². The molecule has 1 aromatic heterocycles. The van der Waals surface area contributed by atoms with Crippen molar-refractivity contribution in [1.82, 2.24) is 15.1 Å². The number of nitrogens with two attached hydrogens (primary N) is 1. The Morgan fingerprint density at radius 2 is 2.12 bits per heavy atom. The van der Waals surface area contributed by atoms with Crippen molar-refractivity contribution < 1.29 is 4.74 Å². The van der Waals surface area contributed by atoms with Crippen LogP contribution in [0.1, 0.15) is 12.0 Å². The fourth-order valence-electron chi connectivity index (χ4n) is 2.48. The first-order valence-corrected chi connectivity index (χ1v) is 8.09. The molecule has 0 aliphatic rings. The lowest BCUT2D eigenvalue weighted by atomic mass is 10.1. The van der Waals surface area contributed by atoms with Gasteiger partial charge in [0.15, 0.2) is 0 Å². The van der Waals surface area contributed by atoms with E-state index in [9.17, 15) is 0 Å². The molecule has 0 aliphatic heterocycles. The fraction of sp³-hybridized carbons (Fsp3) is 0.389. The van der Waals surface area contributed by atoms with Crippen molar-refractivity contribution in [2.24, 2.45) is 5.73 Å². The number of nitrogens with one attached hydrogen (secondary N) is 2. The van der Waals surface area contributed by atoms with E-state index in [0.717, 1.165) is 47.7 Å². The van der Waals surface area contributed by atoms with Crippen LogP contribution in [0, 0.1) is 0 Å². The normalized spacial score (nSPS) is 11.0. The number of rotatable bonds is 10. The number of anilines is 1. The number of aromatic amines is 1. The zero-order valence-electron chi connectivity index (χ0n) is 14.5. The Hall–Kier alpha value is -2.15. The second kappa shape index (κ2) is 9.22. The summed E-state index contributed by atoms with van der Waals surface area (Å²) in [6.07, 6.45) is 2.66. The summed E-state index contributed by atoms with van der Waals surface area (Å²) < 4.78 is 5.06. The molecule has 0 saturated heterocycles. The summed E-state index contributed by atoms with van der Waals surface area (Å²) in [5.74, 6) is 0. The van der Waals surface area contributed by atoms with Crippen LogP contribution in [-0.4, -0.2) is 49.0 Å². The molecule has 0 spiro atoms. The molecule has 2 aromatic rings. The molecule has 4 N–H and O–H groups in total. The highest BCUT2D eigenvalue weighted by molar-refractivity contribution is 5.65. The number of aromatic nitrogens is 2. The van der Waals surface area contributed by atoms with Crippen LogP contribution in [0.2, 0.25) is 0 Å². The average molecular weight is 329 g/mol. The Kier molecular flexibility index (Phi) is 6.99. The predicted octanol–water partition coefficient (Wildman–Crippen LogP) is 2.43. The fourth-order valence-corrected chi connectivity index (χ4v) is 2.48. The molecule has 0 aliphatic carbocycles. The van der Waals surface area contributed by atoms with Crippen LogP contribution in [0.25, 0.3) is 11.3 Å². The highest BCUT2D eigenvalue weighted by atomic mass is 16.5. The first-order valence-electron chi connectivity index (χ1n) is 8.09. The van der Waals surface area contributed by atoms with Crippen molar-refractivity contribution in [1.29, 1.82) is 0 Å². The smallest absolute Gasteiger partial charge is 0.0695 e. The predicted molar refractivity (Wildman–Crippen MR) is 98.7 cm³/mol. The van der Waals surface area contributed by atoms with Crippen LogP contribution in [-0.2, 0) is 11.3 Å². The average Bonchev–Trinajstić information content (AvgIpc) is 3.02. The third-order valence-corrected chi connectivity index (χ3v) is 3.77. The molecule has 130 valence electrons. The van der Waals surface area contributed by atoms with E-state index >= 15 is 0 Å². The second-order valence-corrected chi connectivity index (χ2v) is 5.85. The minimum Gasteiger partial charge on any atom is -0.384 e. The van der Waals surface area contributed by atoms with Gasteiger partial charge in [-0.2, -0.15) is 5.10 Å². The number of hydrogen-bond donors (Lipinski definition) is 3. The first kappa shape index (κ1) is 18.2. The third-order valence-electron chi connectivity index (χ3n) is 3.77. The van der Waals surface area contributed by atoms with Gasteiger partial charge in [0.05, 0.1) is 18.5 Å². The molecule has 6 nitrogen and oxygen atoms in total. The van der Waals surface area contributed by atoms with Gasteiger partial charge in [0.2, 0.25) is 0 Å². The minimum atomic E-state index is 0.650. The van der Waals surface area contributed by atoms with Gasteiger partial charge in [0.25, 0.3) is 0 Å². The standard InChI is InChI=1S/C18H27N5O/c1-14(8-11-24-3)21-17-6-4-15(5-7-17)18-16(12-20-22-18)13-23(2)10-9-19/h4-7,12,21H,1,8-11,13,19H2,2-3H3,(H,20,22). The summed E-state index contributed by atoms with van der Waals surface area (Å²) in [7, 11) is 3.75. The van der Waals surface area contributed by atoms with Gasteiger partial charge in [-0.3, -0.25) is 5.10 Å². The van der Waals surface area contributed by atoms with Crippen molar-refractivity contribution in [2.45, 2.75) is 13.0 Å². The molecule has 0 saturated carbocycles. The van der Waals surface area contributed by atoms with E-state index < -0.39 is 0 Å². The van der Waals surface area contributed by atoms with Crippen LogP contribution in [0.3, 0.4) is 0 Å². The lowest BCUT2D eigenvalue weighted by Gasteiger charge is -2.15. The van der Waals surface area contributed by atoms with Gasteiger partial charge >= 0.3 is 0 Å². The van der Waals surface area contributed by atoms with Crippen LogP contribution in [0.5, 0.6) is 0 Å². The molecule has 1 aromatic carbocycles. The molecule has 0 bridgehead atoms. The quantitative estimate of drug-likeness (QED) is 0.624. The minimum absolute atomic E-state index is 0.650. The lowest BCUT2D eigenvalue weighted by Crippen LogP contribution is -2.25. The van der Waals surface area contributed by atoms with Crippen molar-refractivity contribution >= 4 is 5.69 Å². The Balaban J connectivity index is 2.03. The van der Waals surface area contributed by atoms with E-state index in [4.69, 9.17) is 10.5 Å². The molecule has 0 amide bonds. The molecular formula is C18H27N5O. The molecule has 0 radical (unpaired) electrons. The van der Waals surface area contributed by atoms with E-state index in [-0.39, 0.29) is 0 Å². The molecule has 1 heterocycles. The number of methoxy groups -OCH3 is 1. The van der Waals surface area contributed by atoms with Gasteiger partial charge < -0.3 is 20.7 Å². The number of H-pyrrole nitrogens is 1. The monoisotopic (exact) mass is 329 g/mol. The molecular weight excluding hydrogens is 302 g/mol. The zero-order valence-corrected chi connectivity index (χ0v) is 14.5. The highest BCUT2D eigenvalue weighted by Crippen LogP contribution is 2.24. The summed E-state index contributed by atoms with van der Waals surface area (Å²) in [4.78, 5) is 2.18. The maximum absolute atomic E-state index is 5.61. The number of benzene rings is 1. The largest absolute Gasteiger partial charge is 0.384 e. The first-order chi connectivity index (χ1) is 11.6. The Bertz CT molecular complexity index is 635. The molecule has 6 heteroatoms. The van der Waals surface area contributed by atoms with Crippen LogP contribution < -0.4 is 11.1 Å². The molecule has 2 rings (SSSR count). The number of nitrogens with zero attached hydrogens (tertiary/aromatic N) is 2. The summed E-state index contributed by atoms with van der Waals surface area (Å²) >= 11 is 0. The lowest BCUT2D eigenvalue weighted by molar-refractivity contribution is 0.202. The van der Waals surface area contributed by atoms with E-state index in [1.165, 1.54) is 0 Å². The third kappa shape index (κ3) is 5.19. The van der Waals surface area contributed by atoms with E-state index in [2.05, 4.69) is 46.2 Å². The Morgan fingerprint density at radius 1 is 1.38 bits per heavy atom. The Morgan fingerprint density at radius 3 is 2.79 bits per heavy atom. The van der Waals surface area contributed by atoms with E-state index in [1.54, 1.807) is 7.11 Å². The van der Waals surface area contributed by atoms with Crippen molar-refractivity contribution in [3.63, 3.8) is 0 Å². The molecule has 0 fully saturated rings. The maximum Gasteiger partial charge on any atom is 0.0695 e. The van der Waals surface area contributed by atoms with Gasteiger partial charge in [-0.1, -0.05) is 18.7 Å². The van der Waals surface area contributed by atoms with Crippen LogP contribution >= 0.6 is 0 Å². The second-order valence-electron chi connectivity index (χ2n) is 5.85. The van der Waals surface area contributed by atoms with Gasteiger partial charge in [-0.25, -0.2) is 0 Å². The SMILES string of the molecule is C=C(CCOC)Nc1ccc(-c2[nH]ncc2CN(C)CCN)cc1. The van der Waals surface area contributed by atoms with Crippen LogP contribution in [0.15, 0.2) is 42.7 Å².